The molecule has 1 atom stereocenters. The van der Waals surface area contributed by atoms with Crippen LogP contribution in [0.15, 0.2) is 30.9 Å². The van der Waals surface area contributed by atoms with Gasteiger partial charge in [-0.15, -0.1) is 0 Å². The fourth-order valence-electron chi connectivity index (χ4n) is 2.31. The van der Waals surface area contributed by atoms with Gasteiger partial charge in [0.2, 0.25) is 0 Å². The minimum atomic E-state index is -4.63. The number of hydrogen-bond acceptors (Lipinski definition) is 4. The van der Waals surface area contributed by atoms with E-state index in [0.29, 0.717) is 6.20 Å². The highest BCUT2D eigenvalue weighted by Gasteiger charge is 2.35. The first-order valence-corrected chi connectivity index (χ1v) is 7.14. The number of hydrogen-bond donors (Lipinski definition) is 1. The Balaban J connectivity index is 2.15. The normalized spacial score (nSPS) is 13.1. The number of amides is 1. The summed E-state index contributed by atoms with van der Waals surface area (Å²) in [7, 11) is 5.40. The van der Waals surface area contributed by atoms with Crippen molar-refractivity contribution in [3.8, 4) is 0 Å². The summed E-state index contributed by atoms with van der Waals surface area (Å²) >= 11 is 0. The largest absolute Gasteiger partial charge is 0.418 e. The van der Waals surface area contributed by atoms with Crippen LogP contribution < -0.4 is 5.32 Å². The molecule has 1 unspecified atom stereocenters. The maximum absolute atomic E-state index is 13.0. The van der Waals surface area contributed by atoms with Crippen LogP contribution in [0.4, 0.5) is 13.2 Å². The fraction of sp³-hybridized carbons (Fsp3) is 0.400. The zero-order valence-electron chi connectivity index (χ0n) is 13.5. The van der Waals surface area contributed by atoms with Crippen LogP contribution in [0.5, 0.6) is 0 Å². The lowest BCUT2D eigenvalue weighted by atomic mass is 10.1. The van der Waals surface area contributed by atoms with Crippen LogP contribution in [0.2, 0.25) is 0 Å². The van der Waals surface area contributed by atoms with E-state index in [0.717, 1.165) is 17.8 Å². The highest BCUT2D eigenvalue weighted by Crippen LogP contribution is 2.31. The van der Waals surface area contributed by atoms with Crippen molar-refractivity contribution in [3.63, 3.8) is 0 Å². The van der Waals surface area contributed by atoms with Gasteiger partial charge in [-0.25, -0.2) is 0 Å². The van der Waals surface area contributed by atoms with Crippen LogP contribution in [-0.2, 0) is 13.2 Å². The third-order valence-electron chi connectivity index (χ3n) is 3.56. The van der Waals surface area contributed by atoms with Gasteiger partial charge < -0.3 is 10.2 Å². The molecule has 2 rings (SSSR count). The van der Waals surface area contributed by atoms with E-state index in [4.69, 9.17) is 0 Å². The number of nitrogens with one attached hydrogen (secondary N) is 1. The summed E-state index contributed by atoms with van der Waals surface area (Å²) in [5.41, 5.74) is -0.639. The second-order valence-corrected chi connectivity index (χ2v) is 5.56. The summed E-state index contributed by atoms with van der Waals surface area (Å²) in [5, 5.41) is 6.63. The van der Waals surface area contributed by atoms with Crippen molar-refractivity contribution in [3.05, 3.63) is 47.5 Å². The zero-order chi connectivity index (χ0) is 17.9. The van der Waals surface area contributed by atoms with Gasteiger partial charge in [-0.05, 0) is 20.2 Å². The molecule has 0 aliphatic rings. The van der Waals surface area contributed by atoms with Gasteiger partial charge in [0.05, 0.1) is 23.4 Å². The predicted molar refractivity (Wildman–Crippen MR) is 81.2 cm³/mol. The molecule has 2 heterocycles. The molecule has 6 nitrogen and oxygen atoms in total. The molecule has 0 aliphatic carbocycles. The average molecular weight is 341 g/mol. The molecule has 9 heteroatoms. The molecule has 1 N–H and O–H groups in total. The Hall–Kier alpha value is -2.42. The third kappa shape index (κ3) is 4.10. The molecule has 0 bridgehead atoms. The van der Waals surface area contributed by atoms with Gasteiger partial charge in [0, 0.05) is 37.7 Å². The van der Waals surface area contributed by atoms with Gasteiger partial charge in [0.15, 0.2) is 0 Å². The van der Waals surface area contributed by atoms with Crippen LogP contribution >= 0.6 is 0 Å². The molecule has 0 radical (unpaired) electrons. The Kier molecular flexibility index (Phi) is 5.23. The lowest BCUT2D eigenvalue weighted by Gasteiger charge is -2.23. The summed E-state index contributed by atoms with van der Waals surface area (Å²) in [4.78, 5) is 17.5. The van der Waals surface area contributed by atoms with Crippen LogP contribution in [0.3, 0.4) is 0 Å². The Labute approximate surface area is 137 Å². The SMILES string of the molecule is CN(C)C(CNC(=O)c1ccncc1C(F)(F)F)c1cnn(C)c1. The number of carbonyl (C=O) groups excluding carboxylic acids is 1. The van der Waals surface area contributed by atoms with Gasteiger partial charge in [0.25, 0.3) is 5.91 Å². The number of nitrogens with zero attached hydrogens (tertiary/aromatic N) is 4. The van der Waals surface area contributed by atoms with E-state index in [1.165, 1.54) is 0 Å². The van der Waals surface area contributed by atoms with Gasteiger partial charge in [-0.1, -0.05) is 0 Å². The minimum absolute atomic E-state index is 0.150. The van der Waals surface area contributed by atoms with Gasteiger partial charge >= 0.3 is 6.18 Å². The fourth-order valence-corrected chi connectivity index (χ4v) is 2.31. The number of halogens is 3. The maximum Gasteiger partial charge on any atom is 0.418 e. The van der Waals surface area contributed by atoms with Crippen molar-refractivity contribution in [1.29, 1.82) is 0 Å². The number of alkyl halides is 3. The van der Waals surface area contributed by atoms with Crippen molar-refractivity contribution in [2.24, 2.45) is 7.05 Å². The van der Waals surface area contributed by atoms with Gasteiger partial charge in [0.1, 0.15) is 0 Å². The van der Waals surface area contributed by atoms with Crippen molar-refractivity contribution in [2.75, 3.05) is 20.6 Å². The molecule has 0 saturated heterocycles. The number of rotatable bonds is 5. The van der Waals surface area contributed by atoms with E-state index >= 15 is 0 Å². The quantitative estimate of drug-likeness (QED) is 0.902. The molecule has 0 saturated carbocycles. The molecule has 2 aromatic heterocycles. The van der Waals surface area contributed by atoms with E-state index < -0.39 is 23.2 Å². The molecule has 130 valence electrons. The number of likely N-dealkylation sites (N-methyl/N-ethyl adjacent to an activating group) is 1. The van der Waals surface area contributed by atoms with Crippen molar-refractivity contribution >= 4 is 5.91 Å². The summed E-state index contributed by atoms with van der Waals surface area (Å²) < 4.78 is 40.5. The number of pyridine rings is 1. The minimum Gasteiger partial charge on any atom is -0.350 e. The monoisotopic (exact) mass is 341 g/mol. The Morgan fingerprint density at radius 2 is 2.08 bits per heavy atom. The first-order valence-electron chi connectivity index (χ1n) is 7.14. The molecule has 1 amide bonds. The smallest absolute Gasteiger partial charge is 0.350 e. The topological polar surface area (TPSA) is 63.1 Å². The number of aryl methyl sites for hydroxylation is 1. The molecular weight excluding hydrogens is 323 g/mol. The van der Waals surface area contributed by atoms with E-state index in [-0.39, 0.29) is 12.6 Å². The molecule has 0 fully saturated rings. The van der Waals surface area contributed by atoms with Crippen molar-refractivity contribution < 1.29 is 18.0 Å². The van der Waals surface area contributed by atoms with Crippen molar-refractivity contribution in [1.82, 2.24) is 25.0 Å². The van der Waals surface area contributed by atoms with Crippen LogP contribution in [-0.4, -0.2) is 46.2 Å². The van der Waals surface area contributed by atoms with Crippen LogP contribution in [0.1, 0.15) is 27.5 Å². The molecule has 0 spiro atoms. The second kappa shape index (κ2) is 7.00. The van der Waals surface area contributed by atoms with Gasteiger partial charge in [-0.2, -0.15) is 18.3 Å². The summed E-state index contributed by atoms with van der Waals surface area (Å²) in [6.07, 6.45) is 0.633. The van der Waals surface area contributed by atoms with E-state index in [1.807, 2.05) is 19.0 Å². The molecular formula is C15H18F3N5O. The van der Waals surface area contributed by atoms with Crippen LogP contribution in [0, 0.1) is 0 Å². The average Bonchev–Trinajstić information content (AvgIpc) is 2.92. The number of aromatic nitrogens is 3. The molecule has 0 aromatic carbocycles. The first-order chi connectivity index (χ1) is 11.2. The number of carbonyl (C=O) groups is 1. The van der Waals surface area contributed by atoms with Crippen LogP contribution in [0.25, 0.3) is 0 Å². The summed E-state index contributed by atoms with van der Waals surface area (Å²) in [6.45, 7) is 0.150. The highest BCUT2D eigenvalue weighted by atomic mass is 19.4. The van der Waals surface area contributed by atoms with Gasteiger partial charge in [-0.3, -0.25) is 14.5 Å². The lowest BCUT2D eigenvalue weighted by Crippen LogP contribution is -2.35. The van der Waals surface area contributed by atoms with E-state index in [1.54, 1.807) is 24.1 Å². The zero-order valence-corrected chi connectivity index (χ0v) is 13.5. The molecule has 2 aromatic rings. The van der Waals surface area contributed by atoms with E-state index in [9.17, 15) is 18.0 Å². The Morgan fingerprint density at radius 1 is 1.38 bits per heavy atom. The van der Waals surface area contributed by atoms with Crippen molar-refractivity contribution in [2.45, 2.75) is 12.2 Å². The standard InChI is InChI=1S/C15H18F3N5O/c1-22(2)13(10-6-21-23(3)9-10)8-20-14(24)11-4-5-19-7-12(11)15(16,17)18/h4-7,9,13H,8H2,1-3H3,(H,20,24). The maximum atomic E-state index is 13.0. The first kappa shape index (κ1) is 17.9. The molecule has 24 heavy (non-hydrogen) atoms. The summed E-state index contributed by atoms with van der Waals surface area (Å²) in [5.74, 6) is -0.791. The predicted octanol–water partition coefficient (Wildman–Crippen LogP) is 1.87. The Morgan fingerprint density at radius 3 is 2.62 bits per heavy atom. The molecule has 0 aliphatic heterocycles. The summed E-state index contributed by atoms with van der Waals surface area (Å²) in [6, 6.07) is 0.853. The Bertz CT molecular complexity index is 711. The third-order valence-corrected chi connectivity index (χ3v) is 3.56. The van der Waals surface area contributed by atoms with E-state index in [2.05, 4.69) is 15.4 Å². The second-order valence-electron chi connectivity index (χ2n) is 5.56. The highest BCUT2D eigenvalue weighted by molar-refractivity contribution is 5.95. The lowest BCUT2D eigenvalue weighted by molar-refractivity contribution is -0.138.